The number of methoxy groups -OCH3 is 1. The van der Waals surface area contributed by atoms with E-state index in [2.05, 4.69) is 0 Å². The highest BCUT2D eigenvalue weighted by atomic mass is 32.2. The van der Waals surface area contributed by atoms with Crippen LogP contribution in [0.1, 0.15) is 32.3 Å². The van der Waals surface area contributed by atoms with Crippen LogP contribution in [0.15, 0.2) is 59.5 Å². The van der Waals surface area contributed by atoms with E-state index in [9.17, 15) is 23.4 Å². The number of aliphatic hydroxyl groups excluding tert-OH is 2. The molecular weight excluding hydrogens is 550 g/mol. The maximum Gasteiger partial charge on any atom is 0.306 e. The average Bonchev–Trinajstić information content (AvgIpc) is 3.34. The molecule has 0 bridgehead atoms. The molecule has 0 amide bonds. The second-order valence-corrected chi connectivity index (χ2v) is 13.1. The molecule has 10 nitrogen and oxygen atoms in total. The number of nitrogens with zero attached hydrogens (tertiary/aromatic N) is 1. The van der Waals surface area contributed by atoms with Crippen molar-refractivity contribution in [3.63, 3.8) is 0 Å². The summed E-state index contributed by atoms with van der Waals surface area (Å²) in [4.78, 5) is 13.3. The summed E-state index contributed by atoms with van der Waals surface area (Å²) < 4.78 is 50.5. The normalized spacial score (nSPS) is 24.2. The van der Waals surface area contributed by atoms with E-state index >= 15 is 0 Å². The Kier molecular flexibility index (Phi) is 10.8. The second-order valence-electron chi connectivity index (χ2n) is 11.1. The van der Waals surface area contributed by atoms with Crippen molar-refractivity contribution in [1.29, 1.82) is 0 Å². The number of aliphatic hydroxyl groups is 2. The van der Waals surface area contributed by atoms with Crippen LogP contribution in [0.4, 0.5) is 0 Å². The molecular formula is C30H41NO9S. The number of fused-ring (bicyclic) bond motifs is 1. The Morgan fingerprint density at radius 3 is 2.44 bits per heavy atom. The SMILES string of the molecule is COc1ccc(S(=O)(=O)N(CC(C)C)C[C@@H](O)[C@@H](CC(=O)OC2CCO[C@H]3OCC(O)C23)Cc2ccccc2)cc1. The van der Waals surface area contributed by atoms with Crippen LogP contribution < -0.4 is 4.74 Å². The number of carbonyl (C=O) groups is 1. The predicted molar refractivity (Wildman–Crippen MR) is 151 cm³/mol. The van der Waals surface area contributed by atoms with Gasteiger partial charge in [-0.3, -0.25) is 4.79 Å². The maximum atomic E-state index is 13.6. The summed E-state index contributed by atoms with van der Waals surface area (Å²) in [5, 5.41) is 21.8. The lowest BCUT2D eigenvalue weighted by molar-refractivity contribution is -0.199. The molecule has 41 heavy (non-hydrogen) atoms. The van der Waals surface area contributed by atoms with Crippen LogP contribution in [0.3, 0.4) is 0 Å². The summed E-state index contributed by atoms with van der Waals surface area (Å²) in [5.41, 5.74) is 0.906. The molecule has 2 aliphatic rings. The molecule has 2 aromatic rings. The Labute approximate surface area is 242 Å². The van der Waals surface area contributed by atoms with Gasteiger partial charge in [0.25, 0.3) is 0 Å². The third-order valence-electron chi connectivity index (χ3n) is 7.56. The standard InChI is InChI=1S/C30H41NO9S/c1-20(2)17-31(41(35,36)24-11-9-23(37-3)10-12-24)18-25(32)22(15-21-7-5-4-6-8-21)16-28(34)40-27-13-14-38-30-29(27)26(33)19-39-30/h4-12,20,22,25-27,29-30,32-33H,13-19H2,1-3H3/t22-,25-,26?,27?,29?,30+/m1/s1. The Balaban J connectivity index is 1.52. The molecule has 11 heteroatoms. The summed E-state index contributed by atoms with van der Waals surface area (Å²) in [5.74, 6) is -1.09. The lowest BCUT2D eigenvalue weighted by Gasteiger charge is -2.34. The van der Waals surface area contributed by atoms with Crippen LogP contribution in [-0.4, -0.2) is 86.9 Å². The summed E-state index contributed by atoms with van der Waals surface area (Å²) in [6, 6.07) is 15.6. The van der Waals surface area contributed by atoms with Crippen molar-refractivity contribution >= 4 is 16.0 Å². The number of hydrogen-bond acceptors (Lipinski definition) is 9. The molecule has 6 atom stereocenters. The van der Waals surface area contributed by atoms with Crippen molar-refractivity contribution in [2.24, 2.45) is 17.8 Å². The smallest absolute Gasteiger partial charge is 0.306 e. The van der Waals surface area contributed by atoms with Gasteiger partial charge in [0.1, 0.15) is 11.9 Å². The first-order chi connectivity index (χ1) is 19.6. The third-order valence-corrected chi connectivity index (χ3v) is 9.40. The molecule has 0 saturated carbocycles. The van der Waals surface area contributed by atoms with Crippen molar-refractivity contribution in [2.45, 2.75) is 62.6 Å². The average molecular weight is 592 g/mol. The Morgan fingerprint density at radius 2 is 1.78 bits per heavy atom. The lowest BCUT2D eigenvalue weighted by Crippen LogP contribution is -2.45. The van der Waals surface area contributed by atoms with Gasteiger partial charge in [0.05, 0.1) is 49.8 Å². The van der Waals surface area contributed by atoms with Gasteiger partial charge in [-0.25, -0.2) is 8.42 Å². The molecule has 2 heterocycles. The van der Waals surface area contributed by atoms with E-state index in [1.165, 1.54) is 23.5 Å². The van der Waals surface area contributed by atoms with Gasteiger partial charge in [0, 0.05) is 25.4 Å². The number of ether oxygens (including phenoxy) is 4. The van der Waals surface area contributed by atoms with Gasteiger partial charge in [-0.15, -0.1) is 0 Å². The number of hydrogen-bond donors (Lipinski definition) is 2. The van der Waals surface area contributed by atoms with Crippen molar-refractivity contribution in [2.75, 3.05) is 33.4 Å². The molecule has 3 unspecified atom stereocenters. The fraction of sp³-hybridized carbons (Fsp3) is 0.567. The van der Waals surface area contributed by atoms with Crippen LogP contribution in [0.2, 0.25) is 0 Å². The zero-order valence-electron chi connectivity index (χ0n) is 23.8. The van der Waals surface area contributed by atoms with Crippen LogP contribution in [0.25, 0.3) is 0 Å². The molecule has 2 aliphatic heterocycles. The number of benzene rings is 2. The van der Waals surface area contributed by atoms with Gasteiger partial charge >= 0.3 is 5.97 Å². The Hall–Kier alpha value is -2.54. The van der Waals surface area contributed by atoms with Crippen LogP contribution in [-0.2, 0) is 35.4 Å². The number of esters is 1. The summed E-state index contributed by atoms with van der Waals surface area (Å²) in [6.45, 7) is 4.28. The van der Waals surface area contributed by atoms with Gasteiger partial charge in [-0.2, -0.15) is 4.31 Å². The summed E-state index contributed by atoms with van der Waals surface area (Å²) in [6.07, 6.45) is -2.48. The number of sulfonamides is 1. The summed E-state index contributed by atoms with van der Waals surface area (Å²) >= 11 is 0. The molecule has 0 spiro atoms. The van der Waals surface area contributed by atoms with Crippen LogP contribution in [0.5, 0.6) is 5.75 Å². The second kappa shape index (κ2) is 14.1. The largest absolute Gasteiger partial charge is 0.497 e. The Morgan fingerprint density at radius 1 is 1.07 bits per heavy atom. The van der Waals surface area contributed by atoms with E-state index in [1.807, 2.05) is 44.2 Å². The van der Waals surface area contributed by atoms with Crippen LogP contribution in [0, 0.1) is 17.8 Å². The van der Waals surface area contributed by atoms with E-state index in [1.54, 1.807) is 12.1 Å². The van der Waals surface area contributed by atoms with E-state index in [-0.39, 0.29) is 36.9 Å². The van der Waals surface area contributed by atoms with Gasteiger partial charge < -0.3 is 29.2 Å². The van der Waals surface area contributed by atoms with Crippen LogP contribution >= 0.6 is 0 Å². The minimum Gasteiger partial charge on any atom is -0.497 e. The molecule has 0 aromatic heterocycles. The molecule has 0 radical (unpaired) electrons. The molecule has 2 N–H and O–H groups in total. The monoisotopic (exact) mass is 591 g/mol. The van der Waals surface area contributed by atoms with Crippen molar-refractivity contribution in [3.05, 3.63) is 60.2 Å². The first-order valence-electron chi connectivity index (χ1n) is 14.1. The molecule has 226 valence electrons. The first-order valence-corrected chi connectivity index (χ1v) is 15.5. The number of rotatable bonds is 13. The van der Waals surface area contributed by atoms with E-state index < -0.39 is 52.4 Å². The molecule has 2 aromatic carbocycles. The van der Waals surface area contributed by atoms with Gasteiger partial charge in [0.2, 0.25) is 10.0 Å². The highest BCUT2D eigenvalue weighted by Gasteiger charge is 2.47. The highest BCUT2D eigenvalue weighted by molar-refractivity contribution is 7.89. The van der Waals surface area contributed by atoms with E-state index in [0.29, 0.717) is 25.2 Å². The van der Waals surface area contributed by atoms with Crippen molar-refractivity contribution < 1.29 is 42.4 Å². The zero-order chi connectivity index (χ0) is 29.6. The van der Waals surface area contributed by atoms with Gasteiger partial charge in [0.15, 0.2) is 6.29 Å². The molecule has 0 aliphatic carbocycles. The quantitative estimate of drug-likeness (QED) is 0.338. The summed E-state index contributed by atoms with van der Waals surface area (Å²) in [7, 11) is -2.44. The highest BCUT2D eigenvalue weighted by Crippen LogP contribution is 2.33. The minimum absolute atomic E-state index is 0.00529. The lowest BCUT2D eigenvalue weighted by atomic mass is 9.90. The van der Waals surface area contributed by atoms with E-state index in [4.69, 9.17) is 18.9 Å². The minimum atomic E-state index is -3.94. The van der Waals surface area contributed by atoms with Gasteiger partial charge in [-0.05, 0) is 42.2 Å². The number of carbonyl (C=O) groups excluding carboxylic acids is 1. The molecule has 2 fully saturated rings. The third kappa shape index (κ3) is 8.06. The zero-order valence-corrected chi connectivity index (χ0v) is 24.6. The van der Waals surface area contributed by atoms with E-state index in [0.717, 1.165) is 5.56 Å². The first kappa shape index (κ1) is 31.4. The Bertz CT molecular complexity index is 1220. The predicted octanol–water partition coefficient (Wildman–Crippen LogP) is 2.62. The topological polar surface area (TPSA) is 132 Å². The van der Waals surface area contributed by atoms with Gasteiger partial charge in [-0.1, -0.05) is 44.2 Å². The molecule has 2 saturated heterocycles. The fourth-order valence-corrected chi connectivity index (χ4v) is 7.06. The fourth-order valence-electron chi connectivity index (χ4n) is 5.43. The maximum absolute atomic E-state index is 13.6. The molecule has 4 rings (SSSR count). The van der Waals surface area contributed by atoms with Crippen molar-refractivity contribution in [1.82, 2.24) is 4.31 Å². The van der Waals surface area contributed by atoms with Crippen molar-refractivity contribution in [3.8, 4) is 5.75 Å².